The van der Waals surface area contributed by atoms with E-state index in [-0.39, 0.29) is 0 Å². The molecule has 88 valence electrons. The van der Waals surface area contributed by atoms with Gasteiger partial charge in [0.05, 0.1) is 0 Å². The van der Waals surface area contributed by atoms with E-state index in [1.165, 1.54) is 21.9 Å². The zero-order chi connectivity index (χ0) is 12.5. The van der Waals surface area contributed by atoms with Gasteiger partial charge in [0.1, 0.15) is 0 Å². The fraction of sp³-hybridized carbons (Fsp3) is 0. The van der Waals surface area contributed by atoms with Crippen LogP contribution in [0.25, 0.3) is 21.9 Å². The van der Waals surface area contributed by atoms with Gasteiger partial charge in [-0.2, -0.15) is 0 Å². The quantitative estimate of drug-likeness (QED) is 0.496. The van der Waals surface area contributed by atoms with Crippen LogP contribution in [0.2, 0.25) is 0 Å². The molecule has 0 spiro atoms. The lowest BCUT2D eigenvalue weighted by molar-refractivity contribution is 1.61. The normalized spacial score (nSPS) is 10.8. The van der Waals surface area contributed by atoms with Gasteiger partial charge < -0.3 is 0 Å². The highest BCUT2D eigenvalue weighted by Gasteiger charge is 2.02. The molecule has 18 heavy (non-hydrogen) atoms. The van der Waals surface area contributed by atoms with Crippen LogP contribution in [-0.4, -0.2) is 0 Å². The summed E-state index contributed by atoms with van der Waals surface area (Å²) in [6, 6.07) is 21.2. The highest BCUT2D eigenvalue weighted by molar-refractivity contribution is 9.11. The molecule has 2 heteroatoms. The molecule has 0 aliphatic heterocycles. The molecule has 0 aliphatic rings. The van der Waals surface area contributed by atoms with E-state index in [1.807, 2.05) is 6.07 Å². The number of hydrogen-bond acceptors (Lipinski definition) is 0. The first-order valence-corrected chi connectivity index (χ1v) is 7.27. The molecule has 0 amide bonds. The van der Waals surface area contributed by atoms with Gasteiger partial charge in [-0.15, -0.1) is 0 Å². The van der Waals surface area contributed by atoms with Crippen LogP contribution in [0.1, 0.15) is 0 Å². The molecular weight excluding hydrogens is 352 g/mol. The summed E-state index contributed by atoms with van der Waals surface area (Å²) in [5, 5.41) is 2.50. The van der Waals surface area contributed by atoms with E-state index in [4.69, 9.17) is 0 Å². The number of benzene rings is 3. The second-order valence-corrected chi connectivity index (χ2v) is 5.96. The van der Waals surface area contributed by atoms with Crippen molar-refractivity contribution in [2.45, 2.75) is 0 Å². The first-order valence-electron chi connectivity index (χ1n) is 5.68. The molecule has 0 heterocycles. The highest BCUT2D eigenvalue weighted by atomic mass is 79.9. The van der Waals surface area contributed by atoms with Crippen LogP contribution in [0.5, 0.6) is 0 Å². The Bertz CT molecular complexity index is 717. The summed E-state index contributed by atoms with van der Waals surface area (Å²) in [6.45, 7) is 0. The highest BCUT2D eigenvalue weighted by Crippen LogP contribution is 2.29. The van der Waals surface area contributed by atoms with Crippen LogP contribution in [0.4, 0.5) is 0 Å². The van der Waals surface area contributed by atoms with E-state index in [0.29, 0.717) is 0 Å². The van der Waals surface area contributed by atoms with Crippen molar-refractivity contribution in [3.05, 3.63) is 69.6 Å². The number of fused-ring (bicyclic) bond motifs is 1. The van der Waals surface area contributed by atoms with Crippen LogP contribution in [0.15, 0.2) is 69.6 Å². The van der Waals surface area contributed by atoms with Gasteiger partial charge in [-0.25, -0.2) is 0 Å². The monoisotopic (exact) mass is 360 g/mol. The Morgan fingerprint density at radius 1 is 0.667 bits per heavy atom. The second-order valence-electron chi connectivity index (χ2n) is 4.19. The molecule has 0 radical (unpaired) electrons. The van der Waals surface area contributed by atoms with Crippen molar-refractivity contribution < 1.29 is 0 Å². The minimum Gasteiger partial charge on any atom is -0.0605 e. The molecule has 0 unspecified atom stereocenters. The van der Waals surface area contributed by atoms with Gasteiger partial charge in [0.2, 0.25) is 0 Å². The molecule has 0 aliphatic carbocycles. The summed E-state index contributed by atoms with van der Waals surface area (Å²) in [4.78, 5) is 0. The topological polar surface area (TPSA) is 0 Å². The van der Waals surface area contributed by atoms with Crippen molar-refractivity contribution in [1.29, 1.82) is 0 Å². The van der Waals surface area contributed by atoms with Crippen molar-refractivity contribution in [3.8, 4) is 11.1 Å². The lowest BCUT2D eigenvalue weighted by Crippen LogP contribution is -1.80. The predicted octanol–water partition coefficient (Wildman–Crippen LogP) is 6.03. The molecule has 0 atom stereocenters. The molecule has 0 fully saturated rings. The molecule has 3 aromatic carbocycles. The Kier molecular flexibility index (Phi) is 3.23. The van der Waals surface area contributed by atoms with Gasteiger partial charge in [-0.05, 0) is 46.2 Å². The van der Waals surface area contributed by atoms with E-state index >= 15 is 0 Å². The lowest BCUT2D eigenvalue weighted by Gasteiger charge is -2.06. The maximum absolute atomic E-state index is 3.58. The average molecular weight is 362 g/mol. The number of rotatable bonds is 1. The van der Waals surface area contributed by atoms with Crippen LogP contribution in [-0.2, 0) is 0 Å². The zero-order valence-corrected chi connectivity index (χ0v) is 12.7. The van der Waals surface area contributed by atoms with Gasteiger partial charge in [-0.1, -0.05) is 68.3 Å². The van der Waals surface area contributed by atoms with Crippen molar-refractivity contribution in [2.24, 2.45) is 0 Å². The maximum atomic E-state index is 3.58. The largest absolute Gasteiger partial charge is 0.0605 e. The number of halogens is 2. The third kappa shape index (κ3) is 2.23. The lowest BCUT2D eigenvalue weighted by atomic mass is 10.0. The average Bonchev–Trinajstić information content (AvgIpc) is 2.39. The van der Waals surface area contributed by atoms with Crippen LogP contribution in [0.3, 0.4) is 0 Å². The van der Waals surface area contributed by atoms with E-state index < -0.39 is 0 Å². The van der Waals surface area contributed by atoms with E-state index in [9.17, 15) is 0 Å². The van der Waals surface area contributed by atoms with Gasteiger partial charge in [-0.3, -0.25) is 0 Å². The van der Waals surface area contributed by atoms with Crippen molar-refractivity contribution >= 4 is 42.6 Å². The van der Waals surface area contributed by atoms with E-state index in [2.05, 4.69) is 86.5 Å². The summed E-state index contributed by atoms with van der Waals surface area (Å²) >= 11 is 7.10. The molecule has 3 rings (SSSR count). The van der Waals surface area contributed by atoms with Crippen LogP contribution >= 0.6 is 31.9 Å². The summed E-state index contributed by atoms with van der Waals surface area (Å²) in [5.74, 6) is 0. The van der Waals surface area contributed by atoms with E-state index in [1.54, 1.807) is 0 Å². The summed E-state index contributed by atoms with van der Waals surface area (Å²) in [5.41, 5.74) is 2.47. The molecule has 0 saturated carbocycles. The molecule has 0 bridgehead atoms. The van der Waals surface area contributed by atoms with Gasteiger partial charge in [0.15, 0.2) is 0 Å². The zero-order valence-electron chi connectivity index (χ0n) is 9.53. The third-order valence-corrected chi connectivity index (χ3v) is 4.17. The number of hydrogen-bond donors (Lipinski definition) is 0. The maximum Gasteiger partial charge on any atom is 0.0253 e. The predicted molar refractivity (Wildman–Crippen MR) is 84.8 cm³/mol. The van der Waals surface area contributed by atoms with Crippen LogP contribution in [0, 0.1) is 0 Å². The molecular formula is C16H10Br2. The Morgan fingerprint density at radius 3 is 2.28 bits per heavy atom. The first-order chi connectivity index (χ1) is 8.74. The third-order valence-electron chi connectivity index (χ3n) is 2.99. The summed E-state index contributed by atoms with van der Waals surface area (Å²) < 4.78 is 2.25. The molecule has 0 nitrogen and oxygen atoms in total. The fourth-order valence-electron chi connectivity index (χ4n) is 2.09. The molecule has 0 N–H and O–H groups in total. The summed E-state index contributed by atoms with van der Waals surface area (Å²) in [7, 11) is 0. The minimum atomic E-state index is 1.11. The molecule has 0 saturated heterocycles. The Morgan fingerprint density at radius 2 is 1.44 bits per heavy atom. The minimum absolute atomic E-state index is 1.11. The molecule has 3 aromatic rings. The van der Waals surface area contributed by atoms with Crippen molar-refractivity contribution in [2.75, 3.05) is 0 Å². The van der Waals surface area contributed by atoms with E-state index in [0.717, 1.165) is 8.95 Å². The second kappa shape index (κ2) is 4.87. The fourth-order valence-corrected chi connectivity index (χ4v) is 3.00. The Hall–Kier alpha value is -1.12. The molecule has 0 aromatic heterocycles. The first kappa shape index (κ1) is 11.9. The van der Waals surface area contributed by atoms with Gasteiger partial charge >= 0.3 is 0 Å². The van der Waals surface area contributed by atoms with Gasteiger partial charge in [0.25, 0.3) is 0 Å². The standard InChI is InChI=1S/C16H10Br2/c17-14-5-1-3-11(10-14)12-7-8-15-13(9-12)4-2-6-16(15)18/h1-10H. The smallest absolute Gasteiger partial charge is 0.0253 e. The van der Waals surface area contributed by atoms with Crippen molar-refractivity contribution in [1.82, 2.24) is 0 Å². The van der Waals surface area contributed by atoms with Crippen LogP contribution < -0.4 is 0 Å². The van der Waals surface area contributed by atoms with Gasteiger partial charge in [0, 0.05) is 8.95 Å². The SMILES string of the molecule is Brc1cccc(-c2ccc3c(Br)cccc3c2)c1. The van der Waals surface area contributed by atoms with Crippen molar-refractivity contribution in [3.63, 3.8) is 0 Å². The summed E-state index contributed by atoms with van der Waals surface area (Å²) in [6.07, 6.45) is 0. The Labute approximate surface area is 123 Å². The Balaban J connectivity index is 2.20.